The van der Waals surface area contributed by atoms with E-state index in [1.807, 2.05) is 30.5 Å². The molecule has 1 fully saturated rings. The Morgan fingerprint density at radius 3 is 2.90 bits per heavy atom. The Balaban J connectivity index is 1.94. The minimum atomic E-state index is 0.529. The van der Waals surface area contributed by atoms with Crippen molar-refractivity contribution in [1.82, 2.24) is 9.97 Å². The molecule has 3 rings (SSSR count). The number of anilines is 1. The van der Waals surface area contributed by atoms with Gasteiger partial charge in [-0.2, -0.15) is 0 Å². The van der Waals surface area contributed by atoms with Gasteiger partial charge in [0.05, 0.1) is 17.6 Å². The van der Waals surface area contributed by atoms with Gasteiger partial charge in [0.2, 0.25) is 0 Å². The van der Waals surface area contributed by atoms with Crippen LogP contribution < -0.4 is 11.1 Å². The lowest BCUT2D eigenvalue weighted by molar-refractivity contribution is 0.868. The van der Waals surface area contributed by atoms with Gasteiger partial charge in [0.1, 0.15) is 5.82 Å². The first-order chi connectivity index (χ1) is 10.3. The van der Waals surface area contributed by atoms with Crippen LogP contribution in [0.4, 0.5) is 5.69 Å². The number of nitrogens with zero attached hydrogens (tertiary/aromatic N) is 2. The molecule has 0 unspecified atom stereocenters. The second kappa shape index (κ2) is 6.41. The van der Waals surface area contributed by atoms with E-state index in [2.05, 4.69) is 10.3 Å². The van der Waals surface area contributed by atoms with Crippen molar-refractivity contribution in [1.29, 1.82) is 0 Å². The highest BCUT2D eigenvalue weighted by Crippen LogP contribution is 2.39. The first-order valence-corrected chi connectivity index (χ1v) is 7.72. The largest absolute Gasteiger partial charge is 0.382 e. The van der Waals surface area contributed by atoms with E-state index in [-0.39, 0.29) is 0 Å². The zero-order valence-electron chi connectivity index (χ0n) is 11.8. The van der Waals surface area contributed by atoms with Crippen LogP contribution in [-0.4, -0.2) is 23.1 Å². The molecule has 1 aromatic heterocycles. The van der Waals surface area contributed by atoms with Gasteiger partial charge in [-0.1, -0.05) is 23.7 Å². The van der Waals surface area contributed by atoms with Crippen molar-refractivity contribution in [2.45, 2.75) is 25.2 Å². The van der Waals surface area contributed by atoms with Gasteiger partial charge in [0.25, 0.3) is 0 Å². The fourth-order valence-electron chi connectivity index (χ4n) is 2.24. The number of hydrogen-bond acceptors (Lipinski definition) is 4. The molecular formula is C16H19ClN4. The maximum absolute atomic E-state index is 6.11. The Morgan fingerprint density at radius 1 is 1.33 bits per heavy atom. The summed E-state index contributed by atoms with van der Waals surface area (Å²) in [5, 5.41) is 4.09. The van der Waals surface area contributed by atoms with Gasteiger partial charge < -0.3 is 11.1 Å². The molecule has 21 heavy (non-hydrogen) atoms. The quantitative estimate of drug-likeness (QED) is 0.802. The number of nitrogens with two attached hydrogens (primary N) is 1. The van der Waals surface area contributed by atoms with Crippen molar-refractivity contribution >= 4 is 17.3 Å². The minimum absolute atomic E-state index is 0.529. The van der Waals surface area contributed by atoms with Gasteiger partial charge in [-0.05, 0) is 37.9 Å². The molecule has 0 bridgehead atoms. The molecular weight excluding hydrogens is 284 g/mol. The number of aromatic nitrogens is 2. The van der Waals surface area contributed by atoms with E-state index in [9.17, 15) is 0 Å². The first-order valence-electron chi connectivity index (χ1n) is 7.35. The maximum atomic E-state index is 6.11. The number of halogens is 1. The molecule has 4 nitrogen and oxygen atoms in total. The van der Waals surface area contributed by atoms with Crippen molar-refractivity contribution < 1.29 is 0 Å². The molecule has 0 radical (unpaired) electrons. The van der Waals surface area contributed by atoms with Crippen molar-refractivity contribution in [3.05, 3.63) is 41.3 Å². The third-order valence-electron chi connectivity index (χ3n) is 3.54. The summed E-state index contributed by atoms with van der Waals surface area (Å²) < 4.78 is 0. The van der Waals surface area contributed by atoms with Crippen molar-refractivity contribution in [3.8, 4) is 11.3 Å². The van der Waals surface area contributed by atoms with Crippen LogP contribution in [0.5, 0.6) is 0 Å². The van der Waals surface area contributed by atoms with Crippen LogP contribution in [0.25, 0.3) is 11.3 Å². The Morgan fingerprint density at radius 2 is 2.19 bits per heavy atom. The SMILES string of the molecule is NCCCNc1cnc(C2CC2)nc1-c1cccc(Cl)c1. The maximum Gasteiger partial charge on any atom is 0.132 e. The van der Waals surface area contributed by atoms with Crippen LogP contribution >= 0.6 is 11.6 Å². The van der Waals surface area contributed by atoms with Crippen LogP contribution in [0.15, 0.2) is 30.5 Å². The smallest absolute Gasteiger partial charge is 0.132 e. The van der Waals surface area contributed by atoms with E-state index >= 15 is 0 Å². The van der Waals surface area contributed by atoms with Gasteiger partial charge in [0, 0.05) is 23.0 Å². The molecule has 5 heteroatoms. The standard InChI is InChI=1S/C16H19ClN4/c17-13-4-1-3-12(9-13)15-14(19-8-2-7-18)10-20-16(21-15)11-5-6-11/h1,3-4,9-11,19H,2,5-8,18H2. The van der Waals surface area contributed by atoms with E-state index in [4.69, 9.17) is 22.3 Å². The van der Waals surface area contributed by atoms with Gasteiger partial charge in [-0.3, -0.25) is 0 Å². The molecule has 1 saturated carbocycles. The molecule has 1 heterocycles. The molecule has 2 aromatic rings. The summed E-state index contributed by atoms with van der Waals surface area (Å²) in [5.74, 6) is 1.47. The molecule has 1 aliphatic carbocycles. The third-order valence-corrected chi connectivity index (χ3v) is 3.78. The Kier molecular flexibility index (Phi) is 4.36. The number of hydrogen-bond donors (Lipinski definition) is 2. The van der Waals surface area contributed by atoms with E-state index in [1.165, 1.54) is 12.8 Å². The lowest BCUT2D eigenvalue weighted by atomic mass is 10.1. The average Bonchev–Trinajstić information content (AvgIpc) is 3.32. The summed E-state index contributed by atoms with van der Waals surface area (Å²) in [4.78, 5) is 9.25. The second-order valence-electron chi connectivity index (χ2n) is 5.34. The fraction of sp³-hybridized carbons (Fsp3) is 0.375. The number of rotatable bonds is 6. The third kappa shape index (κ3) is 3.52. The van der Waals surface area contributed by atoms with Gasteiger partial charge in [-0.15, -0.1) is 0 Å². The molecule has 110 valence electrons. The molecule has 0 aliphatic heterocycles. The molecule has 3 N–H and O–H groups in total. The highest BCUT2D eigenvalue weighted by Gasteiger charge is 2.27. The highest BCUT2D eigenvalue weighted by molar-refractivity contribution is 6.30. The molecule has 0 atom stereocenters. The second-order valence-corrected chi connectivity index (χ2v) is 5.78. The van der Waals surface area contributed by atoms with Gasteiger partial charge in [0.15, 0.2) is 0 Å². The van der Waals surface area contributed by atoms with Crippen molar-refractivity contribution in [2.75, 3.05) is 18.4 Å². The average molecular weight is 303 g/mol. The van der Waals surface area contributed by atoms with Gasteiger partial charge in [-0.25, -0.2) is 9.97 Å². The lowest BCUT2D eigenvalue weighted by Crippen LogP contribution is -2.10. The van der Waals surface area contributed by atoms with E-state index in [0.717, 1.165) is 35.7 Å². The van der Waals surface area contributed by atoms with Crippen LogP contribution in [0.3, 0.4) is 0 Å². The predicted molar refractivity (Wildman–Crippen MR) is 86.6 cm³/mol. The zero-order valence-corrected chi connectivity index (χ0v) is 12.6. The number of benzene rings is 1. The van der Waals surface area contributed by atoms with Crippen LogP contribution in [0.1, 0.15) is 31.0 Å². The number of nitrogens with one attached hydrogen (secondary N) is 1. The molecule has 0 amide bonds. The Labute approximate surface area is 129 Å². The van der Waals surface area contributed by atoms with E-state index < -0.39 is 0 Å². The van der Waals surface area contributed by atoms with Gasteiger partial charge >= 0.3 is 0 Å². The summed E-state index contributed by atoms with van der Waals surface area (Å²) in [5.41, 5.74) is 8.42. The fourth-order valence-corrected chi connectivity index (χ4v) is 2.43. The molecule has 1 aliphatic rings. The summed E-state index contributed by atoms with van der Waals surface area (Å²) in [6.45, 7) is 1.48. The first kappa shape index (κ1) is 14.3. The highest BCUT2D eigenvalue weighted by atomic mass is 35.5. The summed E-state index contributed by atoms with van der Waals surface area (Å²) >= 11 is 6.11. The monoisotopic (exact) mass is 302 g/mol. The lowest BCUT2D eigenvalue weighted by Gasteiger charge is -2.12. The molecule has 0 saturated heterocycles. The van der Waals surface area contributed by atoms with Crippen LogP contribution in [0.2, 0.25) is 5.02 Å². The summed E-state index contributed by atoms with van der Waals surface area (Å²) in [6.07, 6.45) is 5.18. The normalized spacial score (nSPS) is 14.2. The minimum Gasteiger partial charge on any atom is -0.382 e. The van der Waals surface area contributed by atoms with E-state index in [0.29, 0.717) is 17.5 Å². The molecule has 0 spiro atoms. The Bertz CT molecular complexity index is 625. The predicted octanol–water partition coefficient (Wildman–Crippen LogP) is 3.44. The van der Waals surface area contributed by atoms with Crippen LogP contribution in [0, 0.1) is 0 Å². The Hall–Kier alpha value is -1.65. The zero-order chi connectivity index (χ0) is 14.7. The van der Waals surface area contributed by atoms with E-state index in [1.54, 1.807) is 0 Å². The van der Waals surface area contributed by atoms with Crippen molar-refractivity contribution in [2.24, 2.45) is 5.73 Å². The summed E-state index contributed by atoms with van der Waals surface area (Å²) in [7, 11) is 0. The molecule has 1 aromatic carbocycles. The summed E-state index contributed by atoms with van der Waals surface area (Å²) in [6, 6.07) is 7.78. The van der Waals surface area contributed by atoms with Crippen LogP contribution in [-0.2, 0) is 0 Å². The topological polar surface area (TPSA) is 63.8 Å². The van der Waals surface area contributed by atoms with Crippen molar-refractivity contribution in [3.63, 3.8) is 0 Å².